The van der Waals surface area contributed by atoms with Crippen LogP contribution in [0.15, 0.2) is 24.3 Å². The highest BCUT2D eigenvalue weighted by molar-refractivity contribution is 5.99. The average Bonchev–Trinajstić information content (AvgIpc) is 2.50. The normalized spacial score (nSPS) is 13.0. The Kier molecular flexibility index (Phi) is 7.23. The zero-order chi connectivity index (χ0) is 18.3. The number of aliphatic carboxylic acids is 1. The second-order valence-electron chi connectivity index (χ2n) is 5.90. The number of methoxy groups -OCH3 is 1. The Hall–Kier alpha value is -2.57. The molecular formula is C17H24N2O5. The van der Waals surface area contributed by atoms with Crippen molar-refractivity contribution in [1.82, 2.24) is 10.6 Å². The van der Waals surface area contributed by atoms with Crippen molar-refractivity contribution in [3.63, 3.8) is 0 Å². The molecule has 0 spiro atoms. The monoisotopic (exact) mass is 336 g/mol. The van der Waals surface area contributed by atoms with Gasteiger partial charge in [0.25, 0.3) is 5.91 Å². The Labute approximate surface area is 141 Å². The summed E-state index contributed by atoms with van der Waals surface area (Å²) < 4.78 is 5.15. The number of nitrogens with one attached hydrogen (secondary N) is 2. The number of rotatable bonds is 8. The molecule has 1 aromatic rings. The zero-order valence-corrected chi connectivity index (χ0v) is 14.3. The molecule has 3 N–H and O–H groups in total. The molecule has 7 nitrogen and oxygen atoms in total. The Morgan fingerprint density at radius 1 is 1.12 bits per heavy atom. The molecule has 24 heavy (non-hydrogen) atoms. The Morgan fingerprint density at radius 3 is 2.29 bits per heavy atom. The van der Waals surface area contributed by atoms with Crippen molar-refractivity contribution < 1.29 is 24.2 Å². The lowest BCUT2D eigenvalue weighted by Gasteiger charge is -2.24. The van der Waals surface area contributed by atoms with Gasteiger partial charge in [-0.05, 0) is 25.0 Å². The second-order valence-corrected chi connectivity index (χ2v) is 5.90. The molecule has 2 unspecified atom stereocenters. The summed E-state index contributed by atoms with van der Waals surface area (Å²) in [6.07, 6.45) is -0.184. The number of hydrogen-bond acceptors (Lipinski definition) is 4. The van der Waals surface area contributed by atoms with Crippen LogP contribution in [0.2, 0.25) is 0 Å². The van der Waals surface area contributed by atoms with E-state index in [1.807, 2.05) is 0 Å². The van der Waals surface area contributed by atoms with Crippen molar-refractivity contribution in [2.45, 2.75) is 39.3 Å². The smallest absolute Gasteiger partial charge is 0.305 e. The first kappa shape index (κ1) is 19.5. The lowest BCUT2D eigenvalue weighted by molar-refractivity contribution is -0.137. The van der Waals surface area contributed by atoms with Crippen LogP contribution in [0.3, 0.4) is 0 Å². The van der Waals surface area contributed by atoms with Crippen molar-refractivity contribution in [3.8, 4) is 5.75 Å². The fourth-order valence-corrected chi connectivity index (χ4v) is 2.23. The van der Waals surface area contributed by atoms with Crippen molar-refractivity contribution in [3.05, 3.63) is 29.8 Å². The van der Waals surface area contributed by atoms with Gasteiger partial charge in [0.15, 0.2) is 0 Å². The van der Waals surface area contributed by atoms with Crippen molar-refractivity contribution >= 4 is 17.8 Å². The molecule has 0 radical (unpaired) electrons. The van der Waals surface area contributed by atoms with Crippen molar-refractivity contribution in [2.24, 2.45) is 5.92 Å². The molecule has 0 heterocycles. The quantitative estimate of drug-likeness (QED) is 0.666. The number of carbonyl (C=O) groups is 3. The largest absolute Gasteiger partial charge is 0.496 e. The lowest BCUT2D eigenvalue weighted by atomic mass is 10.0. The predicted octanol–water partition coefficient (Wildman–Crippen LogP) is 1.43. The van der Waals surface area contributed by atoms with Crippen molar-refractivity contribution in [1.29, 1.82) is 0 Å². The molecule has 2 amide bonds. The Balaban J connectivity index is 2.83. The maximum Gasteiger partial charge on any atom is 0.305 e. The first-order chi connectivity index (χ1) is 11.3. The molecule has 0 aliphatic heterocycles. The summed E-state index contributed by atoms with van der Waals surface area (Å²) in [5.41, 5.74) is 0.331. The summed E-state index contributed by atoms with van der Waals surface area (Å²) in [6, 6.07) is 5.41. The van der Waals surface area contributed by atoms with Crippen LogP contribution in [0.4, 0.5) is 0 Å². The molecule has 0 saturated carbocycles. The van der Waals surface area contributed by atoms with Crippen LogP contribution in [0.1, 0.15) is 37.6 Å². The van der Waals surface area contributed by atoms with E-state index >= 15 is 0 Å². The molecule has 1 aromatic carbocycles. The Bertz CT molecular complexity index is 600. The van der Waals surface area contributed by atoms with E-state index in [9.17, 15) is 14.4 Å². The van der Waals surface area contributed by atoms with Gasteiger partial charge in [-0.25, -0.2) is 0 Å². The standard InChI is InChI=1S/C17H24N2O5/c1-10(2)15(17(23)18-11(3)9-14(20)21)19-16(22)12-7-5-6-8-13(12)24-4/h5-8,10-11,15H,9H2,1-4H3,(H,18,23)(H,19,22)(H,20,21). The minimum atomic E-state index is -0.998. The molecule has 0 bridgehead atoms. The van der Waals surface area contributed by atoms with Gasteiger partial charge < -0.3 is 20.5 Å². The van der Waals surface area contributed by atoms with Gasteiger partial charge in [-0.1, -0.05) is 26.0 Å². The highest BCUT2D eigenvalue weighted by Crippen LogP contribution is 2.17. The summed E-state index contributed by atoms with van der Waals surface area (Å²) in [5, 5.41) is 14.1. The van der Waals surface area contributed by atoms with E-state index < -0.39 is 29.9 Å². The van der Waals surface area contributed by atoms with Crippen LogP contribution in [0.25, 0.3) is 0 Å². The number of ether oxygens (including phenoxy) is 1. The molecule has 0 aliphatic rings. The highest BCUT2D eigenvalue weighted by atomic mass is 16.5. The van der Waals surface area contributed by atoms with E-state index in [1.54, 1.807) is 45.0 Å². The second kappa shape index (κ2) is 8.90. The SMILES string of the molecule is COc1ccccc1C(=O)NC(C(=O)NC(C)CC(=O)O)C(C)C. The number of hydrogen-bond donors (Lipinski definition) is 3. The third kappa shape index (κ3) is 5.57. The molecule has 0 aromatic heterocycles. The maximum absolute atomic E-state index is 12.4. The summed E-state index contributed by atoms with van der Waals surface area (Å²) >= 11 is 0. The first-order valence-corrected chi connectivity index (χ1v) is 7.72. The van der Waals surface area contributed by atoms with Gasteiger partial charge in [0.2, 0.25) is 5.91 Å². The van der Waals surface area contributed by atoms with Gasteiger partial charge >= 0.3 is 5.97 Å². The summed E-state index contributed by atoms with van der Waals surface area (Å²) in [6.45, 7) is 5.20. The van der Waals surface area contributed by atoms with Crippen LogP contribution in [-0.4, -0.2) is 42.1 Å². The van der Waals surface area contributed by atoms with Gasteiger partial charge in [0, 0.05) is 6.04 Å². The Morgan fingerprint density at radius 2 is 1.75 bits per heavy atom. The van der Waals surface area contributed by atoms with Crippen LogP contribution in [0, 0.1) is 5.92 Å². The van der Waals surface area contributed by atoms with E-state index in [0.29, 0.717) is 11.3 Å². The van der Waals surface area contributed by atoms with E-state index in [4.69, 9.17) is 9.84 Å². The van der Waals surface area contributed by atoms with E-state index in [1.165, 1.54) is 7.11 Å². The minimum absolute atomic E-state index is 0.166. The molecule has 0 fully saturated rings. The third-order valence-electron chi connectivity index (χ3n) is 3.46. The number of benzene rings is 1. The number of para-hydroxylation sites is 1. The van der Waals surface area contributed by atoms with Crippen LogP contribution in [-0.2, 0) is 9.59 Å². The predicted molar refractivity (Wildman–Crippen MR) is 88.9 cm³/mol. The lowest BCUT2D eigenvalue weighted by Crippen LogP contribution is -2.51. The maximum atomic E-state index is 12.4. The third-order valence-corrected chi connectivity index (χ3v) is 3.46. The average molecular weight is 336 g/mol. The van der Waals surface area contributed by atoms with Crippen molar-refractivity contribution in [2.75, 3.05) is 7.11 Å². The van der Waals surface area contributed by atoms with Crippen LogP contribution < -0.4 is 15.4 Å². The summed E-state index contributed by atoms with van der Waals surface area (Å²) in [4.78, 5) is 35.5. The van der Waals surface area contributed by atoms with Gasteiger partial charge in [-0.3, -0.25) is 14.4 Å². The van der Waals surface area contributed by atoms with E-state index in [-0.39, 0.29) is 12.3 Å². The van der Waals surface area contributed by atoms with Gasteiger partial charge in [0.1, 0.15) is 11.8 Å². The molecule has 132 valence electrons. The molecule has 7 heteroatoms. The zero-order valence-electron chi connectivity index (χ0n) is 14.3. The van der Waals surface area contributed by atoms with Gasteiger partial charge in [-0.15, -0.1) is 0 Å². The van der Waals surface area contributed by atoms with Crippen LogP contribution in [0.5, 0.6) is 5.75 Å². The molecule has 1 rings (SSSR count). The van der Waals surface area contributed by atoms with Crippen LogP contribution >= 0.6 is 0 Å². The summed E-state index contributed by atoms with van der Waals surface area (Å²) in [5.74, 6) is -1.59. The fraction of sp³-hybridized carbons (Fsp3) is 0.471. The van der Waals surface area contributed by atoms with Gasteiger partial charge in [-0.2, -0.15) is 0 Å². The molecule has 0 saturated heterocycles. The van der Waals surface area contributed by atoms with Gasteiger partial charge in [0.05, 0.1) is 19.1 Å². The number of carboxylic acid groups (broad SMARTS) is 1. The minimum Gasteiger partial charge on any atom is -0.496 e. The van der Waals surface area contributed by atoms with E-state index in [2.05, 4.69) is 10.6 Å². The summed E-state index contributed by atoms with van der Waals surface area (Å²) in [7, 11) is 1.46. The number of carboxylic acids is 1. The fourth-order valence-electron chi connectivity index (χ4n) is 2.23. The number of carbonyl (C=O) groups excluding carboxylic acids is 2. The topological polar surface area (TPSA) is 105 Å². The molecule has 0 aliphatic carbocycles. The van der Waals surface area contributed by atoms with E-state index in [0.717, 1.165) is 0 Å². The molecule has 2 atom stereocenters. The highest BCUT2D eigenvalue weighted by Gasteiger charge is 2.27. The number of amides is 2. The molecular weight excluding hydrogens is 312 g/mol. The first-order valence-electron chi connectivity index (χ1n) is 7.72.